The van der Waals surface area contributed by atoms with Crippen molar-refractivity contribution in [2.24, 2.45) is 0 Å². The number of nitrogens with one attached hydrogen (secondary N) is 3. The molecule has 9 nitrogen and oxygen atoms in total. The van der Waals surface area contributed by atoms with Gasteiger partial charge in [0.25, 0.3) is 11.8 Å². The molecular weight excluding hydrogens is 508 g/mol. The van der Waals surface area contributed by atoms with E-state index in [1.807, 2.05) is 6.92 Å². The first-order valence-corrected chi connectivity index (χ1v) is 12.4. The fourth-order valence-electron chi connectivity index (χ4n) is 4.91. The first-order valence-electron chi connectivity index (χ1n) is 12.4. The SMILES string of the molecule is CC#CC(=O)N1CC[C@@]1(C)COc1cnccc1-c1[nH]c2c(c1Nc1cc(F)cc(F)c1OC)C(=O)NCC2. The molecule has 1 aromatic carbocycles. The number of aromatic amines is 1. The van der Waals surface area contributed by atoms with Crippen molar-refractivity contribution in [3.8, 4) is 34.6 Å². The van der Waals surface area contributed by atoms with Crippen molar-refractivity contribution in [2.75, 3.05) is 32.1 Å². The van der Waals surface area contributed by atoms with Crippen LogP contribution in [0.25, 0.3) is 11.3 Å². The predicted octanol–water partition coefficient (Wildman–Crippen LogP) is 3.79. The van der Waals surface area contributed by atoms with Gasteiger partial charge >= 0.3 is 0 Å². The van der Waals surface area contributed by atoms with Crippen LogP contribution in [-0.2, 0) is 11.2 Å². The molecule has 1 saturated heterocycles. The molecule has 2 aliphatic rings. The molecule has 3 aromatic rings. The van der Waals surface area contributed by atoms with E-state index in [1.54, 1.807) is 30.3 Å². The largest absolute Gasteiger partial charge is 0.492 e. The number of nitrogens with zero attached hydrogens (tertiary/aromatic N) is 2. The maximum Gasteiger partial charge on any atom is 0.299 e. The molecule has 0 radical (unpaired) electrons. The highest BCUT2D eigenvalue weighted by Gasteiger charge is 2.44. The second-order valence-corrected chi connectivity index (χ2v) is 9.57. The zero-order valence-electron chi connectivity index (χ0n) is 21.7. The van der Waals surface area contributed by atoms with E-state index in [9.17, 15) is 18.4 Å². The van der Waals surface area contributed by atoms with Crippen LogP contribution in [0, 0.1) is 23.5 Å². The summed E-state index contributed by atoms with van der Waals surface area (Å²) < 4.78 is 40.0. The minimum atomic E-state index is -0.885. The second-order valence-electron chi connectivity index (χ2n) is 9.57. The lowest BCUT2D eigenvalue weighted by Gasteiger charge is -2.49. The molecule has 1 atom stereocenters. The highest BCUT2D eigenvalue weighted by atomic mass is 19.1. The lowest BCUT2D eigenvalue weighted by atomic mass is 9.87. The third kappa shape index (κ3) is 4.74. The monoisotopic (exact) mass is 535 g/mol. The molecular formula is C28H27F2N5O4. The molecule has 11 heteroatoms. The number of rotatable bonds is 7. The van der Waals surface area contributed by atoms with Crippen molar-refractivity contribution in [1.82, 2.24) is 20.2 Å². The fraction of sp³-hybridized carbons (Fsp3) is 0.321. The highest BCUT2D eigenvalue weighted by molar-refractivity contribution is 6.06. The Morgan fingerprint density at radius 1 is 1.33 bits per heavy atom. The number of carbonyl (C=O) groups excluding carboxylic acids is 2. The van der Waals surface area contributed by atoms with Crippen LogP contribution in [0.3, 0.4) is 0 Å². The average Bonchev–Trinajstić information content (AvgIpc) is 3.26. The Hall–Kier alpha value is -4.59. The zero-order valence-corrected chi connectivity index (χ0v) is 21.7. The smallest absolute Gasteiger partial charge is 0.299 e. The van der Waals surface area contributed by atoms with Crippen LogP contribution in [0.4, 0.5) is 20.2 Å². The molecule has 2 aromatic heterocycles. The molecule has 0 aliphatic carbocycles. The number of hydrogen-bond donors (Lipinski definition) is 3. The lowest BCUT2D eigenvalue weighted by molar-refractivity contribution is -0.141. The summed E-state index contributed by atoms with van der Waals surface area (Å²) in [4.78, 5) is 34.5. The standard InChI is InChI=1S/C28H27F2N5O4/c1-4-5-22(36)35-11-8-28(35,2)15-39-21-14-31-9-6-17(21)24-25(23-19(33-24)7-10-32-27(23)37)34-20-13-16(29)12-18(30)26(20)38-3/h6,9,12-14,33-34H,7-8,10-11,15H2,1-3H3,(H,32,37)/t28-/m0/s1. The van der Waals surface area contributed by atoms with E-state index < -0.39 is 17.2 Å². The van der Waals surface area contributed by atoms with Gasteiger partial charge in [0.1, 0.15) is 18.2 Å². The molecule has 39 heavy (non-hydrogen) atoms. The Morgan fingerprint density at radius 3 is 2.87 bits per heavy atom. The van der Waals surface area contributed by atoms with Crippen LogP contribution in [0.1, 0.15) is 36.3 Å². The topological polar surface area (TPSA) is 109 Å². The summed E-state index contributed by atoms with van der Waals surface area (Å²) in [5.74, 6) is 3.13. The number of pyridine rings is 1. The predicted molar refractivity (Wildman–Crippen MR) is 140 cm³/mol. The molecule has 0 bridgehead atoms. The number of halogens is 2. The van der Waals surface area contributed by atoms with E-state index in [0.717, 1.165) is 18.6 Å². The third-order valence-corrected chi connectivity index (χ3v) is 7.03. The Kier molecular flexibility index (Phi) is 6.87. The van der Waals surface area contributed by atoms with Gasteiger partial charge in [0, 0.05) is 49.1 Å². The Labute approximate surface area is 223 Å². The molecule has 4 heterocycles. The molecule has 3 N–H and O–H groups in total. The normalized spacial score (nSPS) is 17.8. The number of carbonyl (C=O) groups is 2. The van der Waals surface area contributed by atoms with Gasteiger partial charge in [-0.1, -0.05) is 5.92 Å². The first kappa shape index (κ1) is 26.0. The zero-order chi connectivity index (χ0) is 27.7. The minimum Gasteiger partial charge on any atom is -0.492 e. The van der Waals surface area contributed by atoms with E-state index in [2.05, 4.69) is 32.4 Å². The first-order chi connectivity index (χ1) is 18.8. The van der Waals surface area contributed by atoms with Gasteiger partial charge in [-0.05, 0) is 32.3 Å². The summed E-state index contributed by atoms with van der Waals surface area (Å²) in [7, 11) is 1.28. The summed E-state index contributed by atoms with van der Waals surface area (Å²) in [5, 5.41) is 5.84. The number of hydrogen-bond acceptors (Lipinski definition) is 6. The van der Waals surface area contributed by atoms with Gasteiger partial charge in [0.2, 0.25) is 0 Å². The molecule has 202 valence electrons. The minimum absolute atomic E-state index is 0.0149. The number of fused-ring (bicyclic) bond motifs is 1. The van der Waals surface area contributed by atoms with Crippen molar-refractivity contribution in [1.29, 1.82) is 0 Å². The summed E-state index contributed by atoms with van der Waals surface area (Å²) >= 11 is 0. The van der Waals surface area contributed by atoms with Crippen molar-refractivity contribution in [3.05, 3.63) is 53.5 Å². The molecule has 2 aliphatic heterocycles. The van der Waals surface area contributed by atoms with Gasteiger partial charge in [0.15, 0.2) is 11.6 Å². The molecule has 0 saturated carbocycles. The summed E-state index contributed by atoms with van der Waals surface area (Å²) in [6, 6.07) is 3.53. The van der Waals surface area contributed by atoms with Gasteiger partial charge < -0.3 is 30.0 Å². The number of ether oxygens (including phenoxy) is 2. The number of benzene rings is 1. The van der Waals surface area contributed by atoms with Crippen LogP contribution < -0.4 is 20.1 Å². The van der Waals surface area contributed by atoms with E-state index >= 15 is 0 Å². The molecule has 0 spiro atoms. The van der Waals surface area contributed by atoms with Crippen LogP contribution in [-0.4, -0.2) is 59.0 Å². The molecule has 1 fully saturated rings. The van der Waals surface area contributed by atoms with E-state index in [-0.39, 0.29) is 29.9 Å². The molecule has 2 amide bonds. The van der Waals surface area contributed by atoms with Crippen molar-refractivity contribution >= 4 is 23.2 Å². The van der Waals surface area contributed by atoms with Crippen LogP contribution in [0.2, 0.25) is 0 Å². The summed E-state index contributed by atoms with van der Waals surface area (Å²) in [5.41, 5.74) is 1.82. The van der Waals surface area contributed by atoms with Crippen molar-refractivity contribution in [2.45, 2.75) is 32.2 Å². The highest BCUT2D eigenvalue weighted by Crippen LogP contribution is 2.42. The van der Waals surface area contributed by atoms with Crippen molar-refractivity contribution in [3.63, 3.8) is 0 Å². The van der Waals surface area contributed by atoms with Crippen LogP contribution >= 0.6 is 0 Å². The Bertz CT molecular complexity index is 1530. The second kappa shape index (κ2) is 10.3. The maximum absolute atomic E-state index is 14.5. The Balaban J connectivity index is 1.54. The van der Waals surface area contributed by atoms with Gasteiger partial charge in [-0.2, -0.15) is 0 Å². The number of anilines is 2. The number of aromatic nitrogens is 2. The van der Waals surface area contributed by atoms with Gasteiger partial charge in [-0.3, -0.25) is 14.6 Å². The van der Waals surface area contributed by atoms with Crippen molar-refractivity contribution < 1.29 is 27.8 Å². The fourth-order valence-corrected chi connectivity index (χ4v) is 4.91. The maximum atomic E-state index is 14.5. The third-order valence-electron chi connectivity index (χ3n) is 7.03. The summed E-state index contributed by atoms with van der Waals surface area (Å²) in [6.45, 7) is 4.76. The number of methoxy groups -OCH3 is 1. The number of H-pyrrole nitrogens is 1. The van der Waals surface area contributed by atoms with Crippen LogP contribution in [0.5, 0.6) is 11.5 Å². The van der Waals surface area contributed by atoms with Gasteiger partial charge in [-0.25, -0.2) is 8.78 Å². The number of amides is 2. The van der Waals surface area contributed by atoms with E-state index in [0.29, 0.717) is 53.5 Å². The van der Waals surface area contributed by atoms with E-state index in [1.165, 1.54) is 7.11 Å². The van der Waals surface area contributed by atoms with Gasteiger partial charge in [-0.15, -0.1) is 0 Å². The summed E-state index contributed by atoms with van der Waals surface area (Å²) in [6.07, 6.45) is 4.39. The average molecular weight is 536 g/mol. The molecule has 5 rings (SSSR count). The molecule has 0 unspecified atom stereocenters. The lowest BCUT2D eigenvalue weighted by Crippen LogP contribution is -2.63. The van der Waals surface area contributed by atoms with Gasteiger partial charge in [0.05, 0.1) is 41.5 Å². The number of likely N-dealkylation sites (tertiary alicyclic amines) is 1. The van der Waals surface area contributed by atoms with Crippen LogP contribution in [0.15, 0.2) is 30.6 Å². The Morgan fingerprint density at radius 2 is 2.15 bits per heavy atom. The quantitative estimate of drug-likeness (QED) is 0.398. The van der Waals surface area contributed by atoms with E-state index in [4.69, 9.17) is 9.47 Å².